The number of hydrogen-bond donors (Lipinski definition) is 1. The Bertz CT molecular complexity index is 890. The zero-order chi connectivity index (χ0) is 20.1. The minimum absolute atomic E-state index is 0.0483. The van der Waals surface area contributed by atoms with Gasteiger partial charge in [0.15, 0.2) is 0 Å². The molecule has 0 bridgehead atoms. The largest absolute Gasteiger partial charge is 0.370 e. The van der Waals surface area contributed by atoms with Gasteiger partial charge in [0.25, 0.3) is 11.6 Å². The van der Waals surface area contributed by atoms with Crippen LogP contribution in [0.1, 0.15) is 22.0 Å². The number of ether oxygens (including phenoxy) is 1. The second-order valence-corrected chi connectivity index (χ2v) is 6.62. The Labute approximate surface area is 166 Å². The van der Waals surface area contributed by atoms with Gasteiger partial charge in [-0.25, -0.2) is 0 Å². The molecule has 2 aromatic carbocycles. The zero-order valence-corrected chi connectivity index (χ0v) is 15.6. The van der Waals surface area contributed by atoms with Crippen LogP contribution in [0.3, 0.4) is 0 Å². The Hall–Kier alpha value is -2.97. The molecule has 1 heterocycles. The van der Waals surface area contributed by atoms with Gasteiger partial charge in [-0.3, -0.25) is 19.7 Å². The highest BCUT2D eigenvalue weighted by Crippen LogP contribution is 2.23. The fourth-order valence-electron chi connectivity index (χ4n) is 2.91. The molecule has 2 amide bonds. The maximum absolute atomic E-state index is 12.5. The fourth-order valence-corrected chi connectivity index (χ4v) is 3.11. The Morgan fingerprint density at radius 1 is 1.25 bits per heavy atom. The van der Waals surface area contributed by atoms with Crippen LogP contribution in [0.25, 0.3) is 0 Å². The smallest absolute Gasteiger partial charge is 0.270 e. The van der Waals surface area contributed by atoms with E-state index < -0.39 is 10.8 Å². The number of rotatable bonds is 5. The SMILES string of the molecule is O=C(NCC(=O)N1CCOC(c2ccccc2)C1)c1cc([N+](=O)[O-])ccc1Cl. The summed E-state index contributed by atoms with van der Waals surface area (Å²) < 4.78 is 5.73. The van der Waals surface area contributed by atoms with Gasteiger partial charge in [-0.05, 0) is 11.6 Å². The number of nitrogens with one attached hydrogen (secondary N) is 1. The van der Waals surface area contributed by atoms with E-state index in [2.05, 4.69) is 5.32 Å². The van der Waals surface area contributed by atoms with Crippen LogP contribution >= 0.6 is 11.6 Å². The lowest BCUT2D eigenvalue weighted by Gasteiger charge is -2.33. The first-order valence-corrected chi connectivity index (χ1v) is 9.00. The van der Waals surface area contributed by atoms with Crippen LogP contribution in [-0.2, 0) is 9.53 Å². The van der Waals surface area contributed by atoms with Gasteiger partial charge in [-0.15, -0.1) is 0 Å². The predicted octanol–water partition coefficient (Wildman–Crippen LogP) is 2.58. The van der Waals surface area contributed by atoms with Crippen molar-refractivity contribution in [1.82, 2.24) is 10.2 Å². The van der Waals surface area contributed by atoms with E-state index in [1.54, 1.807) is 4.90 Å². The second-order valence-electron chi connectivity index (χ2n) is 6.21. The maximum atomic E-state index is 12.5. The molecule has 28 heavy (non-hydrogen) atoms. The van der Waals surface area contributed by atoms with Gasteiger partial charge in [0.1, 0.15) is 6.10 Å². The third-order valence-corrected chi connectivity index (χ3v) is 4.73. The molecule has 1 fully saturated rings. The number of halogens is 1. The van der Waals surface area contributed by atoms with E-state index in [4.69, 9.17) is 16.3 Å². The first kappa shape index (κ1) is 19.8. The van der Waals surface area contributed by atoms with E-state index in [1.807, 2.05) is 30.3 Å². The monoisotopic (exact) mass is 403 g/mol. The summed E-state index contributed by atoms with van der Waals surface area (Å²) in [6.45, 7) is 0.973. The summed E-state index contributed by atoms with van der Waals surface area (Å²) in [4.78, 5) is 36.7. The Morgan fingerprint density at radius 2 is 2.00 bits per heavy atom. The van der Waals surface area contributed by atoms with Crippen molar-refractivity contribution in [2.75, 3.05) is 26.2 Å². The summed E-state index contributed by atoms with van der Waals surface area (Å²) in [6, 6.07) is 13.2. The third-order valence-electron chi connectivity index (χ3n) is 4.40. The van der Waals surface area contributed by atoms with E-state index >= 15 is 0 Å². The van der Waals surface area contributed by atoms with E-state index in [0.717, 1.165) is 11.6 Å². The minimum Gasteiger partial charge on any atom is -0.370 e. The first-order chi connectivity index (χ1) is 13.5. The number of nitrogens with zero attached hydrogens (tertiary/aromatic N) is 2. The number of carbonyl (C=O) groups is 2. The molecule has 1 atom stereocenters. The summed E-state index contributed by atoms with van der Waals surface area (Å²) in [5.41, 5.74) is 0.681. The number of benzene rings is 2. The molecule has 0 radical (unpaired) electrons. The van der Waals surface area contributed by atoms with Gasteiger partial charge < -0.3 is 15.0 Å². The minimum atomic E-state index is -0.644. The maximum Gasteiger partial charge on any atom is 0.270 e. The van der Waals surface area contributed by atoms with Crippen LogP contribution < -0.4 is 5.32 Å². The zero-order valence-electron chi connectivity index (χ0n) is 14.8. The number of nitro benzene ring substituents is 1. The van der Waals surface area contributed by atoms with Crippen LogP contribution in [0.5, 0.6) is 0 Å². The highest BCUT2D eigenvalue weighted by Gasteiger charge is 2.26. The normalized spacial score (nSPS) is 16.5. The van der Waals surface area contributed by atoms with Gasteiger partial charge in [0.05, 0.1) is 35.2 Å². The Morgan fingerprint density at radius 3 is 2.71 bits per heavy atom. The predicted molar refractivity (Wildman–Crippen MR) is 102 cm³/mol. The van der Waals surface area contributed by atoms with Crippen LogP contribution in [0.4, 0.5) is 5.69 Å². The Balaban J connectivity index is 1.60. The third kappa shape index (κ3) is 4.65. The van der Waals surface area contributed by atoms with E-state index in [-0.39, 0.29) is 34.8 Å². The summed E-state index contributed by atoms with van der Waals surface area (Å²) in [5, 5.41) is 13.4. The molecule has 1 aliphatic rings. The number of morpholine rings is 1. The van der Waals surface area contributed by atoms with Crippen molar-refractivity contribution in [3.05, 3.63) is 74.8 Å². The Kier molecular flexibility index (Phi) is 6.23. The van der Waals surface area contributed by atoms with Crippen molar-refractivity contribution in [3.8, 4) is 0 Å². The molecule has 146 valence electrons. The summed E-state index contributed by atoms with van der Waals surface area (Å²) >= 11 is 5.95. The van der Waals surface area contributed by atoms with Gasteiger partial charge in [0, 0.05) is 18.7 Å². The molecule has 0 aliphatic carbocycles. The number of carbonyl (C=O) groups excluding carboxylic acids is 2. The highest BCUT2D eigenvalue weighted by molar-refractivity contribution is 6.34. The summed E-state index contributed by atoms with van der Waals surface area (Å²) in [7, 11) is 0. The van der Waals surface area contributed by atoms with Crippen molar-refractivity contribution < 1.29 is 19.2 Å². The number of nitro groups is 1. The molecule has 1 unspecified atom stereocenters. The highest BCUT2D eigenvalue weighted by atomic mass is 35.5. The molecule has 0 saturated carbocycles. The van der Waals surface area contributed by atoms with Crippen molar-refractivity contribution in [1.29, 1.82) is 0 Å². The van der Waals surface area contributed by atoms with Crippen LogP contribution in [0, 0.1) is 10.1 Å². The van der Waals surface area contributed by atoms with Crippen molar-refractivity contribution in [3.63, 3.8) is 0 Å². The second kappa shape index (κ2) is 8.81. The number of non-ortho nitro benzene ring substituents is 1. The molecular formula is C19H18ClN3O5. The molecule has 0 aromatic heterocycles. The average Bonchev–Trinajstić information content (AvgIpc) is 2.72. The fraction of sp³-hybridized carbons (Fsp3) is 0.263. The molecule has 9 heteroatoms. The molecule has 1 saturated heterocycles. The van der Waals surface area contributed by atoms with Gasteiger partial charge in [0.2, 0.25) is 5.91 Å². The standard InChI is InChI=1S/C19H18ClN3O5/c20-16-7-6-14(23(26)27)10-15(16)19(25)21-11-18(24)22-8-9-28-17(12-22)13-4-2-1-3-5-13/h1-7,10,17H,8-9,11-12H2,(H,21,25). The van der Waals surface area contributed by atoms with Gasteiger partial charge >= 0.3 is 0 Å². The molecule has 8 nitrogen and oxygen atoms in total. The van der Waals surface area contributed by atoms with Gasteiger partial charge in [-0.1, -0.05) is 41.9 Å². The van der Waals surface area contributed by atoms with Crippen molar-refractivity contribution in [2.45, 2.75) is 6.10 Å². The lowest BCUT2D eigenvalue weighted by Crippen LogP contribution is -2.46. The van der Waals surface area contributed by atoms with E-state index in [9.17, 15) is 19.7 Å². The summed E-state index contributed by atoms with van der Waals surface area (Å²) in [6.07, 6.45) is -0.221. The summed E-state index contributed by atoms with van der Waals surface area (Å²) in [5.74, 6) is -0.908. The molecule has 2 aromatic rings. The lowest BCUT2D eigenvalue weighted by molar-refractivity contribution is -0.384. The van der Waals surface area contributed by atoms with Gasteiger partial charge in [-0.2, -0.15) is 0 Å². The topological polar surface area (TPSA) is 102 Å². The molecule has 1 N–H and O–H groups in total. The average molecular weight is 404 g/mol. The van der Waals surface area contributed by atoms with E-state index in [1.165, 1.54) is 12.1 Å². The quantitative estimate of drug-likeness (QED) is 0.610. The van der Waals surface area contributed by atoms with Crippen LogP contribution in [-0.4, -0.2) is 47.9 Å². The lowest BCUT2D eigenvalue weighted by atomic mass is 10.1. The van der Waals surface area contributed by atoms with Crippen molar-refractivity contribution in [2.24, 2.45) is 0 Å². The molecule has 0 spiro atoms. The van der Waals surface area contributed by atoms with Crippen LogP contribution in [0.2, 0.25) is 5.02 Å². The molecule has 3 rings (SSSR count). The molecule has 1 aliphatic heterocycles. The number of amides is 2. The van der Waals surface area contributed by atoms with Crippen molar-refractivity contribution >= 4 is 29.1 Å². The van der Waals surface area contributed by atoms with Crippen LogP contribution in [0.15, 0.2) is 48.5 Å². The first-order valence-electron chi connectivity index (χ1n) is 8.62. The van der Waals surface area contributed by atoms with E-state index in [0.29, 0.717) is 19.7 Å². The molecular weight excluding hydrogens is 386 g/mol. The number of hydrogen-bond acceptors (Lipinski definition) is 5.